The van der Waals surface area contributed by atoms with Crippen LogP contribution in [0.1, 0.15) is 16.9 Å². The van der Waals surface area contributed by atoms with Crippen molar-refractivity contribution in [3.05, 3.63) is 46.2 Å². The lowest BCUT2D eigenvalue weighted by molar-refractivity contribution is 0.321. The lowest BCUT2D eigenvalue weighted by atomic mass is 10.2. The summed E-state index contributed by atoms with van der Waals surface area (Å²) in [6, 6.07) is 10.6. The Hall–Kier alpha value is -2.25. The Bertz CT molecular complexity index is 726. The van der Waals surface area contributed by atoms with Crippen LogP contribution in [-0.4, -0.2) is 51.3 Å². The third-order valence-electron chi connectivity index (χ3n) is 4.66. The monoisotopic (exact) mass is 388 g/mol. The molecule has 2 heterocycles. The first kappa shape index (κ1) is 19.5. The number of guanidine groups is 1. The number of benzene rings is 1. The fourth-order valence-electron chi connectivity index (χ4n) is 3.28. The smallest absolute Gasteiger partial charge is 0.191 e. The summed E-state index contributed by atoms with van der Waals surface area (Å²) in [5.74, 6) is 2.52. The van der Waals surface area contributed by atoms with Crippen molar-refractivity contribution < 1.29 is 9.47 Å². The number of ether oxygens (including phenoxy) is 2. The van der Waals surface area contributed by atoms with Gasteiger partial charge in [-0.05, 0) is 35.6 Å². The maximum absolute atomic E-state index is 5.37. The second-order valence-electron chi connectivity index (χ2n) is 6.59. The topological polar surface area (TPSA) is 58.1 Å². The highest BCUT2D eigenvalue weighted by Gasteiger charge is 2.23. The molecule has 1 saturated heterocycles. The van der Waals surface area contributed by atoms with E-state index in [1.807, 2.05) is 13.1 Å². The molecule has 0 spiro atoms. The van der Waals surface area contributed by atoms with Crippen LogP contribution in [0.25, 0.3) is 0 Å². The normalized spacial score (nSPS) is 17.7. The summed E-state index contributed by atoms with van der Waals surface area (Å²) in [6.07, 6.45) is 1.10. The molecule has 1 aliphatic heterocycles. The average molecular weight is 389 g/mol. The molecule has 0 radical (unpaired) electrons. The minimum Gasteiger partial charge on any atom is -0.497 e. The van der Waals surface area contributed by atoms with E-state index in [1.165, 1.54) is 10.4 Å². The molecule has 1 aliphatic rings. The first-order chi connectivity index (χ1) is 13.2. The van der Waals surface area contributed by atoms with Gasteiger partial charge in [-0.3, -0.25) is 9.89 Å². The SMILES string of the molecule is CN=C(NCc1cccs1)NC1CCN(Cc2cc(OC)cc(OC)c2)C1. The summed E-state index contributed by atoms with van der Waals surface area (Å²) < 4.78 is 10.7. The van der Waals surface area contributed by atoms with Crippen molar-refractivity contribution in [3.8, 4) is 11.5 Å². The Balaban J connectivity index is 1.50. The van der Waals surface area contributed by atoms with Crippen molar-refractivity contribution in [2.24, 2.45) is 4.99 Å². The number of likely N-dealkylation sites (tertiary alicyclic amines) is 1. The van der Waals surface area contributed by atoms with Crippen molar-refractivity contribution in [1.82, 2.24) is 15.5 Å². The van der Waals surface area contributed by atoms with Gasteiger partial charge in [0.25, 0.3) is 0 Å². The van der Waals surface area contributed by atoms with Gasteiger partial charge < -0.3 is 20.1 Å². The molecule has 0 saturated carbocycles. The molecule has 27 heavy (non-hydrogen) atoms. The van der Waals surface area contributed by atoms with Gasteiger partial charge in [0.15, 0.2) is 5.96 Å². The first-order valence-electron chi connectivity index (χ1n) is 9.14. The number of thiophene rings is 1. The molecule has 1 aromatic heterocycles. The molecular formula is C20H28N4O2S. The molecule has 0 amide bonds. The van der Waals surface area contributed by atoms with Gasteiger partial charge in [0.1, 0.15) is 11.5 Å². The van der Waals surface area contributed by atoms with Crippen molar-refractivity contribution >= 4 is 17.3 Å². The van der Waals surface area contributed by atoms with Crippen LogP contribution in [0.15, 0.2) is 40.7 Å². The third-order valence-corrected chi connectivity index (χ3v) is 5.54. The van der Waals surface area contributed by atoms with Gasteiger partial charge in [-0.15, -0.1) is 11.3 Å². The standard InChI is InChI=1S/C20H28N4O2S/c1-21-20(22-12-19-5-4-8-27-19)23-16-6-7-24(14-16)13-15-9-17(25-2)11-18(10-15)26-3/h4-5,8-11,16H,6-7,12-14H2,1-3H3,(H2,21,22,23). The Morgan fingerprint density at radius 1 is 1.26 bits per heavy atom. The molecule has 146 valence electrons. The Morgan fingerprint density at radius 2 is 2.04 bits per heavy atom. The molecule has 1 fully saturated rings. The number of nitrogens with one attached hydrogen (secondary N) is 2. The van der Waals surface area contributed by atoms with Gasteiger partial charge in [0, 0.05) is 43.7 Å². The summed E-state index contributed by atoms with van der Waals surface area (Å²) in [5, 5.41) is 9.03. The number of aliphatic imine (C=N–C) groups is 1. The fourth-order valence-corrected chi connectivity index (χ4v) is 3.93. The largest absolute Gasteiger partial charge is 0.497 e. The van der Waals surface area contributed by atoms with E-state index in [9.17, 15) is 0 Å². The second kappa shape index (κ2) is 9.62. The van der Waals surface area contributed by atoms with Gasteiger partial charge in [-0.1, -0.05) is 6.07 Å². The van der Waals surface area contributed by atoms with E-state index >= 15 is 0 Å². The zero-order chi connectivity index (χ0) is 19.1. The van der Waals surface area contributed by atoms with Gasteiger partial charge in [-0.25, -0.2) is 0 Å². The molecule has 6 nitrogen and oxygen atoms in total. The molecule has 1 aromatic carbocycles. The van der Waals surface area contributed by atoms with E-state index in [1.54, 1.807) is 25.6 Å². The predicted molar refractivity (Wildman–Crippen MR) is 111 cm³/mol. The lowest BCUT2D eigenvalue weighted by Crippen LogP contribution is -2.44. The second-order valence-corrected chi connectivity index (χ2v) is 7.62. The van der Waals surface area contributed by atoms with Crippen LogP contribution in [0.5, 0.6) is 11.5 Å². The predicted octanol–water partition coefficient (Wildman–Crippen LogP) is 2.70. The Morgan fingerprint density at radius 3 is 2.67 bits per heavy atom. The van der Waals surface area contributed by atoms with Crippen LogP contribution in [0.3, 0.4) is 0 Å². The van der Waals surface area contributed by atoms with E-state index < -0.39 is 0 Å². The van der Waals surface area contributed by atoms with Crippen LogP contribution >= 0.6 is 11.3 Å². The van der Waals surface area contributed by atoms with Crippen molar-refractivity contribution in [3.63, 3.8) is 0 Å². The summed E-state index contributed by atoms with van der Waals surface area (Å²) in [5.41, 5.74) is 1.20. The molecule has 3 rings (SSSR count). The number of rotatable bonds is 7. The Kier molecular flexibility index (Phi) is 6.95. The molecule has 1 atom stereocenters. The number of hydrogen-bond acceptors (Lipinski definition) is 5. The van der Waals surface area contributed by atoms with Crippen molar-refractivity contribution in [2.75, 3.05) is 34.4 Å². The van der Waals surface area contributed by atoms with Crippen LogP contribution in [0, 0.1) is 0 Å². The maximum Gasteiger partial charge on any atom is 0.191 e. The number of methoxy groups -OCH3 is 2. The van der Waals surface area contributed by atoms with Crippen LogP contribution in [0.2, 0.25) is 0 Å². The minimum absolute atomic E-state index is 0.395. The Labute approximate surface area is 165 Å². The van der Waals surface area contributed by atoms with Gasteiger partial charge in [-0.2, -0.15) is 0 Å². The van der Waals surface area contributed by atoms with Crippen LogP contribution in [-0.2, 0) is 13.1 Å². The quantitative estimate of drug-likeness (QED) is 0.564. The van der Waals surface area contributed by atoms with Gasteiger partial charge in [0.05, 0.1) is 20.8 Å². The third kappa shape index (κ3) is 5.61. The average Bonchev–Trinajstić information content (AvgIpc) is 3.36. The molecule has 7 heteroatoms. The van der Waals surface area contributed by atoms with Crippen LogP contribution in [0.4, 0.5) is 0 Å². The molecule has 2 N–H and O–H groups in total. The first-order valence-corrected chi connectivity index (χ1v) is 10.0. The molecule has 0 bridgehead atoms. The van der Waals surface area contributed by atoms with E-state index in [0.29, 0.717) is 6.04 Å². The maximum atomic E-state index is 5.37. The zero-order valence-corrected chi connectivity index (χ0v) is 17.0. The van der Waals surface area contributed by atoms with Crippen molar-refractivity contribution in [1.29, 1.82) is 0 Å². The molecule has 0 aliphatic carbocycles. The van der Waals surface area contributed by atoms with E-state index in [4.69, 9.17) is 9.47 Å². The highest BCUT2D eigenvalue weighted by atomic mass is 32.1. The van der Waals surface area contributed by atoms with Gasteiger partial charge >= 0.3 is 0 Å². The zero-order valence-electron chi connectivity index (χ0n) is 16.2. The number of nitrogens with zero attached hydrogens (tertiary/aromatic N) is 2. The molecule has 2 aromatic rings. The van der Waals surface area contributed by atoms with Crippen molar-refractivity contribution in [2.45, 2.75) is 25.6 Å². The minimum atomic E-state index is 0.395. The fraction of sp³-hybridized carbons (Fsp3) is 0.450. The molecular weight excluding hydrogens is 360 g/mol. The van der Waals surface area contributed by atoms with Crippen LogP contribution < -0.4 is 20.1 Å². The van der Waals surface area contributed by atoms with E-state index in [2.05, 4.69) is 50.2 Å². The summed E-state index contributed by atoms with van der Waals surface area (Å²) in [6.45, 7) is 3.72. The van der Waals surface area contributed by atoms with Gasteiger partial charge in [0.2, 0.25) is 0 Å². The highest BCUT2D eigenvalue weighted by molar-refractivity contribution is 7.09. The highest BCUT2D eigenvalue weighted by Crippen LogP contribution is 2.24. The van der Waals surface area contributed by atoms with E-state index in [0.717, 1.165) is 50.1 Å². The molecule has 1 unspecified atom stereocenters. The summed E-state index contributed by atoms with van der Waals surface area (Å²) >= 11 is 1.75. The summed E-state index contributed by atoms with van der Waals surface area (Å²) in [4.78, 5) is 8.10. The van der Waals surface area contributed by atoms with E-state index in [-0.39, 0.29) is 0 Å². The summed E-state index contributed by atoms with van der Waals surface area (Å²) in [7, 11) is 5.19. The lowest BCUT2D eigenvalue weighted by Gasteiger charge is -2.19. The number of hydrogen-bond donors (Lipinski definition) is 2.